The lowest BCUT2D eigenvalue weighted by molar-refractivity contribution is 0.0490. The number of hydrogen-bond donors (Lipinski definition) is 3. The van der Waals surface area contributed by atoms with E-state index in [4.69, 9.17) is 4.74 Å². The van der Waals surface area contributed by atoms with Crippen LogP contribution in [0, 0.1) is 0 Å². The number of likely N-dealkylation sites (N-methyl/N-ethyl adjacent to an activating group) is 1. The summed E-state index contributed by atoms with van der Waals surface area (Å²) in [5, 5.41) is 7.91. The molecule has 0 bridgehead atoms. The van der Waals surface area contributed by atoms with Crippen molar-refractivity contribution in [2.75, 3.05) is 26.7 Å². The lowest BCUT2D eigenvalue weighted by Gasteiger charge is -2.41. The van der Waals surface area contributed by atoms with Gasteiger partial charge in [0, 0.05) is 30.2 Å². The monoisotopic (exact) mass is 379 g/mol. The molecule has 4 rings (SSSR count). The summed E-state index contributed by atoms with van der Waals surface area (Å²) in [5.74, 6) is 0.747. The van der Waals surface area contributed by atoms with Crippen LogP contribution in [0.4, 0.5) is 0 Å². The van der Waals surface area contributed by atoms with Gasteiger partial charge in [-0.3, -0.25) is 15.1 Å². The minimum absolute atomic E-state index is 0.0245. The molecule has 1 amide bonds. The average molecular weight is 379 g/mol. The highest BCUT2D eigenvalue weighted by molar-refractivity contribution is 5.98. The third-order valence-electron chi connectivity index (χ3n) is 5.11. The first-order valence-corrected chi connectivity index (χ1v) is 9.56. The fraction of sp³-hybridized carbons (Fsp3) is 0.333. The number of pyridine rings is 1. The molecule has 2 aromatic heterocycles. The van der Waals surface area contributed by atoms with Crippen molar-refractivity contribution in [2.45, 2.75) is 19.1 Å². The molecule has 0 spiro atoms. The van der Waals surface area contributed by atoms with E-state index in [9.17, 15) is 4.79 Å². The minimum Gasteiger partial charge on any atom is -0.497 e. The first kappa shape index (κ1) is 18.5. The van der Waals surface area contributed by atoms with Crippen molar-refractivity contribution < 1.29 is 9.53 Å². The highest BCUT2D eigenvalue weighted by atomic mass is 16.5. The van der Waals surface area contributed by atoms with Gasteiger partial charge in [0.25, 0.3) is 5.91 Å². The molecule has 1 aliphatic rings. The summed E-state index contributed by atoms with van der Waals surface area (Å²) >= 11 is 0. The smallest absolute Gasteiger partial charge is 0.271 e. The van der Waals surface area contributed by atoms with Crippen LogP contribution in [0.5, 0.6) is 5.75 Å². The lowest BCUT2D eigenvalue weighted by atomic mass is 10.1. The largest absolute Gasteiger partial charge is 0.497 e. The fourth-order valence-electron chi connectivity index (χ4n) is 3.77. The Kier molecular flexibility index (Phi) is 5.27. The highest BCUT2D eigenvalue weighted by Gasteiger charge is 2.36. The van der Waals surface area contributed by atoms with E-state index in [-0.39, 0.29) is 18.1 Å². The van der Waals surface area contributed by atoms with E-state index in [1.165, 1.54) is 0 Å². The molecule has 3 N–H and O–H groups in total. The van der Waals surface area contributed by atoms with Crippen molar-refractivity contribution in [1.82, 2.24) is 25.5 Å². The molecular weight excluding hydrogens is 354 g/mol. The van der Waals surface area contributed by atoms with Crippen LogP contribution in [0.15, 0.2) is 48.7 Å². The number of amides is 1. The van der Waals surface area contributed by atoms with Gasteiger partial charge in [0.2, 0.25) is 0 Å². The lowest BCUT2D eigenvalue weighted by Crippen LogP contribution is -2.61. The van der Waals surface area contributed by atoms with E-state index in [0.29, 0.717) is 18.8 Å². The second kappa shape index (κ2) is 8.00. The van der Waals surface area contributed by atoms with Crippen LogP contribution in [0.25, 0.3) is 10.9 Å². The standard InChI is InChI=1S/C21H25N5O2/c1-3-22-20-19(17-6-4-5-9-23-17)24-10-11-26(20)21(27)18-13-14-12-15(28-2)7-8-16(14)25-18/h4-9,12-13,19-20,22,24-25H,3,10-11H2,1-2H3. The maximum absolute atomic E-state index is 13.4. The molecule has 28 heavy (non-hydrogen) atoms. The number of hydrogen-bond acceptors (Lipinski definition) is 5. The van der Waals surface area contributed by atoms with Crippen LogP contribution in [-0.4, -0.2) is 53.7 Å². The second-order valence-corrected chi connectivity index (χ2v) is 6.82. The summed E-state index contributed by atoms with van der Waals surface area (Å²) in [4.78, 5) is 23.0. The van der Waals surface area contributed by atoms with Crippen molar-refractivity contribution >= 4 is 16.8 Å². The molecule has 3 heterocycles. The van der Waals surface area contributed by atoms with Crippen LogP contribution < -0.4 is 15.4 Å². The summed E-state index contributed by atoms with van der Waals surface area (Å²) in [6.07, 6.45) is 1.60. The molecule has 1 aromatic carbocycles. The summed E-state index contributed by atoms with van der Waals surface area (Å²) in [6, 6.07) is 13.4. The quantitative estimate of drug-likeness (QED) is 0.634. The third kappa shape index (κ3) is 3.46. The Labute approximate surface area is 164 Å². The van der Waals surface area contributed by atoms with E-state index in [0.717, 1.165) is 28.9 Å². The van der Waals surface area contributed by atoms with Gasteiger partial charge in [-0.25, -0.2) is 0 Å². The van der Waals surface area contributed by atoms with Crippen molar-refractivity contribution in [2.24, 2.45) is 0 Å². The Morgan fingerprint density at radius 2 is 2.21 bits per heavy atom. The summed E-state index contributed by atoms with van der Waals surface area (Å²) in [5.41, 5.74) is 2.42. The van der Waals surface area contributed by atoms with Gasteiger partial charge in [-0.15, -0.1) is 0 Å². The van der Waals surface area contributed by atoms with E-state index in [2.05, 4.69) is 20.6 Å². The molecule has 7 nitrogen and oxygen atoms in total. The average Bonchev–Trinajstić information content (AvgIpc) is 3.17. The Bertz CT molecular complexity index is 956. The maximum atomic E-state index is 13.4. The Morgan fingerprint density at radius 1 is 1.32 bits per heavy atom. The number of methoxy groups -OCH3 is 1. The first-order chi connectivity index (χ1) is 13.7. The highest BCUT2D eigenvalue weighted by Crippen LogP contribution is 2.25. The Balaban J connectivity index is 1.65. The molecule has 1 aliphatic heterocycles. The molecule has 2 unspecified atom stereocenters. The van der Waals surface area contributed by atoms with Gasteiger partial charge in [-0.2, -0.15) is 0 Å². The number of benzene rings is 1. The van der Waals surface area contributed by atoms with Gasteiger partial charge in [0.1, 0.15) is 17.6 Å². The number of nitrogens with zero attached hydrogens (tertiary/aromatic N) is 2. The molecule has 2 atom stereocenters. The number of carbonyl (C=O) groups is 1. The number of ether oxygens (including phenoxy) is 1. The number of aromatic nitrogens is 2. The number of carbonyl (C=O) groups excluding carboxylic acids is 1. The topological polar surface area (TPSA) is 82.3 Å². The molecule has 0 radical (unpaired) electrons. The number of rotatable bonds is 5. The van der Waals surface area contributed by atoms with Crippen LogP contribution in [0.2, 0.25) is 0 Å². The molecule has 0 saturated carbocycles. The van der Waals surface area contributed by atoms with E-state index >= 15 is 0 Å². The summed E-state index contributed by atoms with van der Waals surface area (Å²) in [6.45, 7) is 4.13. The first-order valence-electron chi connectivity index (χ1n) is 9.56. The van der Waals surface area contributed by atoms with Crippen molar-refractivity contribution in [3.63, 3.8) is 0 Å². The van der Waals surface area contributed by atoms with Gasteiger partial charge in [0.05, 0.1) is 18.8 Å². The molecule has 0 aliphatic carbocycles. The predicted molar refractivity (Wildman–Crippen MR) is 108 cm³/mol. The molecular formula is C21H25N5O2. The Hall–Kier alpha value is -2.90. The number of fused-ring (bicyclic) bond motifs is 1. The van der Waals surface area contributed by atoms with Gasteiger partial charge in [0.15, 0.2) is 0 Å². The zero-order valence-corrected chi connectivity index (χ0v) is 16.1. The molecule has 146 valence electrons. The van der Waals surface area contributed by atoms with Crippen molar-refractivity contribution in [3.05, 3.63) is 60.0 Å². The molecule has 3 aromatic rings. The summed E-state index contributed by atoms with van der Waals surface area (Å²) < 4.78 is 5.29. The van der Waals surface area contributed by atoms with Crippen LogP contribution >= 0.6 is 0 Å². The van der Waals surface area contributed by atoms with Gasteiger partial charge >= 0.3 is 0 Å². The Morgan fingerprint density at radius 3 is 2.96 bits per heavy atom. The predicted octanol–water partition coefficient (Wildman–Crippen LogP) is 2.29. The zero-order valence-electron chi connectivity index (χ0n) is 16.1. The van der Waals surface area contributed by atoms with E-state index in [1.807, 2.05) is 54.3 Å². The van der Waals surface area contributed by atoms with Gasteiger partial charge in [-0.1, -0.05) is 13.0 Å². The van der Waals surface area contributed by atoms with Crippen LogP contribution in [0.1, 0.15) is 29.1 Å². The molecule has 1 fully saturated rings. The van der Waals surface area contributed by atoms with E-state index in [1.54, 1.807) is 13.3 Å². The second-order valence-electron chi connectivity index (χ2n) is 6.82. The molecule has 7 heteroatoms. The van der Waals surface area contributed by atoms with Crippen LogP contribution in [-0.2, 0) is 0 Å². The minimum atomic E-state index is -0.179. The molecule has 1 saturated heterocycles. The van der Waals surface area contributed by atoms with Gasteiger partial charge < -0.3 is 19.9 Å². The van der Waals surface area contributed by atoms with E-state index < -0.39 is 0 Å². The number of nitrogens with one attached hydrogen (secondary N) is 3. The van der Waals surface area contributed by atoms with Gasteiger partial charge in [-0.05, 0) is 42.9 Å². The number of H-pyrrole nitrogens is 1. The fourth-order valence-corrected chi connectivity index (χ4v) is 3.77. The zero-order chi connectivity index (χ0) is 19.5. The number of piperazine rings is 1. The normalized spacial score (nSPS) is 19.7. The van der Waals surface area contributed by atoms with Crippen molar-refractivity contribution in [1.29, 1.82) is 0 Å². The maximum Gasteiger partial charge on any atom is 0.271 e. The third-order valence-corrected chi connectivity index (χ3v) is 5.11. The van der Waals surface area contributed by atoms with Crippen LogP contribution in [0.3, 0.4) is 0 Å². The SMILES string of the molecule is CCNC1C(c2ccccn2)NCCN1C(=O)c1cc2cc(OC)ccc2[nH]1. The number of aromatic amines is 1. The van der Waals surface area contributed by atoms with Crippen molar-refractivity contribution in [3.8, 4) is 5.75 Å². The summed E-state index contributed by atoms with van der Waals surface area (Å²) in [7, 11) is 1.64.